The van der Waals surface area contributed by atoms with Crippen molar-refractivity contribution < 1.29 is 19.4 Å². The van der Waals surface area contributed by atoms with E-state index in [4.69, 9.17) is 9.84 Å². The van der Waals surface area contributed by atoms with E-state index in [2.05, 4.69) is 28.5 Å². The van der Waals surface area contributed by atoms with Gasteiger partial charge in [0.25, 0.3) is 0 Å². The Morgan fingerprint density at radius 2 is 2.08 bits per heavy atom. The Hall–Kier alpha value is -3.90. The fraction of sp³-hybridized carbons (Fsp3) is 0.419. The van der Waals surface area contributed by atoms with Crippen LogP contribution in [0.15, 0.2) is 42.6 Å². The number of ether oxygens (including phenoxy) is 1. The molecule has 1 aliphatic carbocycles. The number of nitrogens with zero attached hydrogens (tertiary/aromatic N) is 3. The molecule has 0 spiro atoms. The van der Waals surface area contributed by atoms with Crippen molar-refractivity contribution in [3.8, 4) is 32.8 Å². The first-order valence-corrected chi connectivity index (χ1v) is 14.6. The summed E-state index contributed by atoms with van der Waals surface area (Å²) in [5.74, 6) is -0.230. The van der Waals surface area contributed by atoms with E-state index in [1.54, 1.807) is 16.2 Å². The molecule has 8 nitrogen and oxygen atoms in total. The minimum Gasteiger partial charge on any atom is -0.490 e. The van der Waals surface area contributed by atoms with Crippen LogP contribution < -0.4 is 10.1 Å². The summed E-state index contributed by atoms with van der Waals surface area (Å²) in [5.41, 5.74) is 4.82. The second-order valence-corrected chi connectivity index (χ2v) is 11.5. The Kier molecular flexibility index (Phi) is 9.43. The van der Waals surface area contributed by atoms with Crippen molar-refractivity contribution in [2.24, 2.45) is 5.92 Å². The van der Waals surface area contributed by atoms with Gasteiger partial charge in [0.2, 0.25) is 0 Å². The summed E-state index contributed by atoms with van der Waals surface area (Å²) >= 11 is 1.58. The predicted molar refractivity (Wildman–Crippen MR) is 156 cm³/mol. The molecular formula is C31H36N4O4S. The van der Waals surface area contributed by atoms with Crippen LogP contribution >= 0.6 is 11.3 Å². The summed E-state index contributed by atoms with van der Waals surface area (Å²) in [6.07, 6.45) is 4.29. The summed E-state index contributed by atoms with van der Waals surface area (Å²) < 4.78 is 5.76. The van der Waals surface area contributed by atoms with Crippen LogP contribution in [0.5, 0.6) is 5.75 Å². The van der Waals surface area contributed by atoms with Gasteiger partial charge in [-0.25, -0.2) is 9.78 Å². The first kappa shape index (κ1) is 29.1. The third-order valence-corrected chi connectivity index (χ3v) is 8.21. The normalized spacial score (nSPS) is 14.8. The second-order valence-electron chi connectivity index (χ2n) is 10.5. The Bertz CT molecular complexity index is 1410. The largest absolute Gasteiger partial charge is 0.490 e. The molecule has 0 saturated carbocycles. The third-order valence-electron chi connectivity index (χ3n) is 7.13. The molecule has 0 aliphatic heterocycles. The molecule has 4 rings (SSSR count). The number of hydrogen-bond donors (Lipinski definition) is 2. The molecule has 3 aromatic rings. The van der Waals surface area contributed by atoms with E-state index in [1.165, 1.54) is 5.56 Å². The molecule has 0 saturated heterocycles. The summed E-state index contributed by atoms with van der Waals surface area (Å²) in [4.78, 5) is 31.5. The lowest BCUT2D eigenvalue weighted by Gasteiger charge is -2.25. The van der Waals surface area contributed by atoms with Gasteiger partial charge in [-0.15, -0.1) is 11.3 Å². The number of carbonyl (C=O) groups is 2. The number of rotatable bonds is 11. The van der Waals surface area contributed by atoms with Crippen LogP contribution in [0.25, 0.3) is 21.0 Å². The van der Waals surface area contributed by atoms with E-state index in [1.807, 2.05) is 58.2 Å². The minimum atomic E-state index is -0.813. The van der Waals surface area contributed by atoms with Gasteiger partial charge in [0.15, 0.2) is 0 Å². The number of fused-ring (bicyclic) bond motifs is 1. The number of carboxylic acids is 1. The molecule has 0 fully saturated rings. The molecule has 1 aliphatic rings. The van der Waals surface area contributed by atoms with Crippen LogP contribution in [0.3, 0.4) is 0 Å². The van der Waals surface area contributed by atoms with Crippen molar-refractivity contribution in [3.63, 3.8) is 0 Å². The SMILES string of the molecule is CCN(CCC(C)CC(=O)O)C(=O)N[C@H]1CCc2c(-c3cnc(-c4ccc(OC(C)C)c(C#N)c4)s3)cccc21. The lowest BCUT2D eigenvalue weighted by Crippen LogP contribution is -2.42. The van der Waals surface area contributed by atoms with E-state index >= 15 is 0 Å². The molecular weight excluding hydrogens is 524 g/mol. The number of carboxylic acid groups (broad SMARTS) is 1. The van der Waals surface area contributed by atoms with E-state index in [-0.39, 0.29) is 30.5 Å². The van der Waals surface area contributed by atoms with Crippen molar-refractivity contribution in [2.75, 3.05) is 13.1 Å². The Morgan fingerprint density at radius 1 is 1.27 bits per heavy atom. The Morgan fingerprint density at radius 3 is 2.77 bits per heavy atom. The fourth-order valence-corrected chi connectivity index (χ4v) is 6.06. The number of hydrogen-bond acceptors (Lipinski definition) is 6. The lowest BCUT2D eigenvalue weighted by atomic mass is 10.0. The van der Waals surface area contributed by atoms with Crippen LogP contribution in [0, 0.1) is 17.2 Å². The zero-order valence-electron chi connectivity index (χ0n) is 23.4. The highest BCUT2D eigenvalue weighted by Crippen LogP contribution is 2.41. The van der Waals surface area contributed by atoms with E-state index in [0.29, 0.717) is 30.8 Å². The van der Waals surface area contributed by atoms with Crippen LogP contribution in [0.2, 0.25) is 0 Å². The molecule has 9 heteroatoms. The molecule has 2 atom stereocenters. The number of aliphatic carboxylic acids is 1. The van der Waals surface area contributed by atoms with Gasteiger partial charge in [-0.1, -0.05) is 25.1 Å². The van der Waals surface area contributed by atoms with Crippen molar-refractivity contribution in [1.29, 1.82) is 5.26 Å². The van der Waals surface area contributed by atoms with Gasteiger partial charge in [0.05, 0.1) is 22.6 Å². The zero-order chi connectivity index (χ0) is 28.8. The van der Waals surface area contributed by atoms with Gasteiger partial charge in [-0.3, -0.25) is 4.79 Å². The first-order chi connectivity index (χ1) is 19.2. The second kappa shape index (κ2) is 13.0. The quantitative estimate of drug-likeness (QED) is 0.271. The van der Waals surface area contributed by atoms with Gasteiger partial charge in [0, 0.05) is 31.3 Å². The van der Waals surface area contributed by atoms with Crippen LogP contribution in [-0.2, 0) is 11.2 Å². The summed E-state index contributed by atoms with van der Waals surface area (Å²) in [5, 5.41) is 22.7. The number of nitriles is 1. The highest BCUT2D eigenvalue weighted by atomic mass is 32.1. The minimum absolute atomic E-state index is 0.0104. The third kappa shape index (κ3) is 6.80. The molecule has 1 aromatic heterocycles. The Balaban J connectivity index is 1.48. The maximum Gasteiger partial charge on any atom is 0.317 e. The first-order valence-electron chi connectivity index (χ1n) is 13.8. The number of thiazole rings is 1. The van der Waals surface area contributed by atoms with E-state index < -0.39 is 5.97 Å². The van der Waals surface area contributed by atoms with Crippen molar-refractivity contribution in [1.82, 2.24) is 15.2 Å². The molecule has 0 bridgehead atoms. The zero-order valence-corrected chi connectivity index (χ0v) is 24.3. The molecule has 210 valence electrons. The fourth-order valence-electron chi connectivity index (χ4n) is 5.09. The van der Waals surface area contributed by atoms with Crippen LogP contribution in [0.1, 0.15) is 69.7 Å². The van der Waals surface area contributed by atoms with Gasteiger partial charge < -0.3 is 20.1 Å². The standard InChI is InChI=1S/C31H36N4O4S/c1-5-35(14-13-20(4)15-29(36)37)31(38)34-26-11-10-23-24(26)7-6-8-25(23)28-18-33-30(40-28)21-9-12-27(39-19(2)3)22(16-21)17-32/h6-9,12,16,18-20,26H,5,10-11,13-15H2,1-4H3,(H,34,38)(H,36,37)/t20?,26-/m0/s1. The summed E-state index contributed by atoms with van der Waals surface area (Å²) in [6.45, 7) is 8.79. The van der Waals surface area contributed by atoms with Gasteiger partial charge in [0.1, 0.15) is 16.8 Å². The van der Waals surface area contributed by atoms with Crippen molar-refractivity contribution >= 4 is 23.3 Å². The number of nitrogens with one attached hydrogen (secondary N) is 1. The van der Waals surface area contributed by atoms with E-state index in [0.717, 1.165) is 39.4 Å². The summed E-state index contributed by atoms with van der Waals surface area (Å²) in [7, 11) is 0. The Labute approximate surface area is 239 Å². The predicted octanol–water partition coefficient (Wildman–Crippen LogP) is 6.66. The number of amides is 2. The highest BCUT2D eigenvalue weighted by Gasteiger charge is 2.28. The van der Waals surface area contributed by atoms with Crippen LogP contribution in [0.4, 0.5) is 4.79 Å². The number of urea groups is 1. The maximum atomic E-state index is 13.1. The van der Waals surface area contributed by atoms with E-state index in [9.17, 15) is 14.9 Å². The average molecular weight is 561 g/mol. The van der Waals surface area contributed by atoms with Gasteiger partial charge in [-0.05, 0) is 80.8 Å². The molecule has 2 N–H and O–H groups in total. The molecule has 0 radical (unpaired) electrons. The topological polar surface area (TPSA) is 116 Å². The smallest absolute Gasteiger partial charge is 0.317 e. The molecule has 1 unspecified atom stereocenters. The van der Waals surface area contributed by atoms with Gasteiger partial charge in [-0.2, -0.15) is 5.26 Å². The molecule has 40 heavy (non-hydrogen) atoms. The van der Waals surface area contributed by atoms with Crippen molar-refractivity contribution in [2.45, 2.75) is 65.5 Å². The summed E-state index contributed by atoms with van der Waals surface area (Å²) in [6, 6.07) is 13.8. The van der Waals surface area contributed by atoms with Crippen molar-refractivity contribution in [3.05, 3.63) is 59.3 Å². The number of aromatic nitrogens is 1. The average Bonchev–Trinajstić information content (AvgIpc) is 3.56. The highest BCUT2D eigenvalue weighted by molar-refractivity contribution is 7.18. The van der Waals surface area contributed by atoms with Crippen LogP contribution in [-0.4, -0.2) is 46.2 Å². The monoisotopic (exact) mass is 560 g/mol. The number of benzene rings is 2. The maximum absolute atomic E-state index is 13.1. The molecule has 2 amide bonds. The lowest BCUT2D eigenvalue weighted by molar-refractivity contribution is -0.138. The molecule has 1 heterocycles. The van der Waals surface area contributed by atoms with Gasteiger partial charge >= 0.3 is 12.0 Å². The number of carbonyl (C=O) groups excluding carboxylic acids is 1. The molecule has 2 aromatic carbocycles.